The number of anilines is 1. The van der Waals surface area contributed by atoms with Gasteiger partial charge in [-0.2, -0.15) is 5.10 Å². The minimum atomic E-state index is -0.125. The summed E-state index contributed by atoms with van der Waals surface area (Å²) < 4.78 is 6.93. The van der Waals surface area contributed by atoms with E-state index in [0.717, 1.165) is 25.3 Å². The molecule has 1 aliphatic heterocycles. The van der Waals surface area contributed by atoms with Crippen molar-refractivity contribution in [1.29, 1.82) is 0 Å². The Morgan fingerprint density at radius 3 is 2.86 bits per heavy atom. The van der Waals surface area contributed by atoms with Crippen LogP contribution in [0.1, 0.15) is 12.8 Å². The van der Waals surface area contributed by atoms with Gasteiger partial charge in [0, 0.05) is 13.7 Å². The number of rotatable bonds is 6. The number of halogens is 1. The van der Waals surface area contributed by atoms with E-state index >= 15 is 0 Å². The van der Waals surface area contributed by atoms with E-state index in [0.29, 0.717) is 23.5 Å². The lowest BCUT2D eigenvalue weighted by atomic mass is 9.97. The van der Waals surface area contributed by atoms with E-state index in [2.05, 4.69) is 38.3 Å². The molecule has 2 rings (SSSR count). The Morgan fingerprint density at radius 2 is 2.19 bits per heavy atom. The number of hydrogen-bond acceptors (Lipinski definition) is 5. The van der Waals surface area contributed by atoms with Crippen LogP contribution in [0.3, 0.4) is 0 Å². The number of piperidine rings is 1. The Bertz CT molecular complexity index is 512. The number of aromatic nitrogens is 2. The molecule has 0 atom stereocenters. The van der Waals surface area contributed by atoms with Gasteiger partial charge in [0.25, 0.3) is 5.56 Å². The Hall–Kier alpha value is -0.920. The first-order valence-electron chi connectivity index (χ1n) is 7.28. The molecule has 1 saturated heterocycles. The average Bonchev–Trinajstić information content (AvgIpc) is 2.49. The van der Waals surface area contributed by atoms with Gasteiger partial charge >= 0.3 is 0 Å². The van der Waals surface area contributed by atoms with Crippen LogP contribution in [0.25, 0.3) is 0 Å². The van der Waals surface area contributed by atoms with Crippen molar-refractivity contribution in [1.82, 2.24) is 14.7 Å². The molecule has 0 saturated carbocycles. The molecule has 6 nitrogen and oxygen atoms in total. The van der Waals surface area contributed by atoms with Gasteiger partial charge in [-0.3, -0.25) is 4.79 Å². The van der Waals surface area contributed by atoms with Gasteiger partial charge < -0.3 is 15.0 Å². The maximum atomic E-state index is 12.1. The van der Waals surface area contributed by atoms with Gasteiger partial charge in [-0.1, -0.05) is 0 Å². The molecule has 118 valence electrons. The third-order valence-electron chi connectivity index (χ3n) is 3.91. The van der Waals surface area contributed by atoms with Gasteiger partial charge in [0.2, 0.25) is 0 Å². The molecule has 0 aliphatic carbocycles. The molecule has 1 aromatic heterocycles. The first-order chi connectivity index (χ1) is 10.1. The van der Waals surface area contributed by atoms with Gasteiger partial charge in [-0.05, 0) is 54.8 Å². The molecule has 2 heterocycles. The predicted molar refractivity (Wildman–Crippen MR) is 86.8 cm³/mol. The minimum Gasteiger partial charge on any atom is -0.383 e. The van der Waals surface area contributed by atoms with E-state index in [-0.39, 0.29) is 5.56 Å². The molecular weight excluding hydrogens is 336 g/mol. The first kappa shape index (κ1) is 16.5. The molecule has 1 N–H and O–H groups in total. The summed E-state index contributed by atoms with van der Waals surface area (Å²) in [6, 6.07) is 0. The summed E-state index contributed by atoms with van der Waals surface area (Å²) in [6.45, 7) is 4.11. The highest BCUT2D eigenvalue weighted by Gasteiger charge is 2.17. The molecule has 0 spiro atoms. The van der Waals surface area contributed by atoms with Gasteiger partial charge in [-0.25, -0.2) is 4.68 Å². The predicted octanol–water partition coefficient (Wildman–Crippen LogP) is 1.41. The molecular formula is C14H23BrN4O2. The van der Waals surface area contributed by atoms with Crippen molar-refractivity contribution in [2.45, 2.75) is 19.4 Å². The lowest BCUT2D eigenvalue weighted by molar-refractivity contribution is 0.181. The number of hydrogen-bond donors (Lipinski definition) is 1. The van der Waals surface area contributed by atoms with Crippen LogP contribution in [0, 0.1) is 5.92 Å². The maximum Gasteiger partial charge on any atom is 0.283 e. The van der Waals surface area contributed by atoms with E-state index in [4.69, 9.17) is 4.74 Å². The van der Waals surface area contributed by atoms with Gasteiger partial charge in [0.05, 0.1) is 25.0 Å². The van der Waals surface area contributed by atoms with Crippen molar-refractivity contribution in [3.8, 4) is 0 Å². The van der Waals surface area contributed by atoms with Crippen LogP contribution in [-0.4, -0.2) is 55.1 Å². The molecule has 21 heavy (non-hydrogen) atoms. The summed E-state index contributed by atoms with van der Waals surface area (Å²) in [4.78, 5) is 14.5. The van der Waals surface area contributed by atoms with E-state index in [1.165, 1.54) is 17.5 Å². The molecule has 0 unspecified atom stereocenters. The van der Waals surface area contributed by atoms with Crippen LogP contribution in [0.4, 0.5) is 5.69 Å². The van der Waals surface area contributed by atoms with Crippen LogP contribution in [0.5, 0.6) is 0 Å². The van der Waals surface area contributed by atoms with Gasteiger partial charge in [0.1, 0.15) is 4.47 Å². The number of ether oxygens (including phenoxy) is 1. The molecule has 0 radical (unpaired) electrons. The summed E-state index contributed by atoms with van der Waals surface area (Å²) in [5.74, 6) is 0.657. The standard InChI is InChI=1S/C14H23BrN4O2/c1-18-5-3-11(4-6-18)9-16-12-10-17-19(7-8-21-2)14(20)13(12)15/h10-11,16H,3-9H2,1-2H3. The number of nitrogens with one attached hydrogen (secondary N) is 1. The third-order valence-corrected chi connectivity index (χ3v) is 4.68. The second-order valence-electron chi connectivity index (χ2n) is 5.52. The van der Waals surface area contributed by atoms with Crippen molar-refractivity contribution >= 4 is 21.6 Å². The Labute approximate surface area is 133 Å². The molecule has 1 aromatic rings. The van der Waals surface area contributed by atoms with Crippen molar-refractivity contribution in [3.05, 3.63) is 21.0 Å². The summed E-state index contributed by atoms with van der Waals surface area (Å²) in [6.07, 6.45) is 4.09. The van der Waals surface area contributed by atoms with E-state index in [9.17, 15) is 4.79 Å². The molecule has 0 amide bonds. The summed E-state index contributed by atoms with van der Waals surface area (Å²) in [5.41, 5.74) is 0.646. The SMILES string of the molecule is COCCn1ncc(NCC2CCN(C)CC2)c(Br)c1=O. The monoisotopic (exact) mass is 358 g/mol. The quantitative estimate of drug-likeness (QED) is 0.832. The third kappa shape index (κ3) is 4.52. The molecule has 0 aromatic carbocycles. The Balaban J connectivity index is 1.94. The lowest BCUT2D eigenvalue weighted by Crippen LogP contribution is -2.33. The normalized spacial score (nSPS) is 17.1. The number of nitrogens with zero attached hydrogens (tertiary/aromatic N) is 3. The smallest absolute Gasteiger partial charge is 0.283 e. The fraction of sp³-hybridized carbons (Fsp3) is 0.714. The van der Waals surface area contributed by atoms with Crippen molar-refractivity contribution in [2.75, 3.05) is 45.7 Å². The Kier molecular flexibility index (Phi) is 6.20. The molecule has 7 heteroatoms. The average molecular weight is 359 g/mol. The number of methoxy groups -OCH3 is 1. The molecule has 1 aliphatic rings. The zero-order valence-electron chi connectivity index (χ0n) is 12.6. The largest absolute Gasteiger partial charge is 0.383 e. The molecule has 0 bridgehead atoms. The highest BCUT2D eigenvalue weighted by Crippen LogP contribution is 2.20. The van der Waals surface area contributed by atoms with Gasteiger partial charge in [-0.15, -0.1) is 0 Å². The highest BCUT2D eigenvalue weighted by atomic mass is 79.9. The zero-order valence-corrected chi connectivity index (χ0v) is 14.2. The Morgan fingerprint density at radius 1 is 1.48 bits per heavy atom. The lowest BCUT2D eigenvalue weighted by Gasteiger charge is -2.29. The van der Waals surface area contributed by atoms with Crippen LogP contribution in [-0.2, 0) is 11.3 Å². The minimum absolute atomic E-state index is 0.125. The van der Waals surface area contributed by atoms with Crippen LogP contribution in [0.15, 0.2) is 15.5 Å². The van der Waals surface area contributed by atoms with Crippen LogP contribution in [0.2, 0.25) is 0 Å². The van der Waals surface area contributed by atoms with E-state index < -0.39 is 0 Å². The van der Waals surface area contributed by atoms with Crippen LogP contribution >= 0.6 is 15.9 Å². The van der Waals surface area contributed by atoms with Crippen molar-refractivity contribution in [3.63, 3.8) is 0 Å². The van der Waals surface area contributed by atoms with E-state index in [1.54, 1.807) is 13.3 Å². The number of likely N-dealkylation sites (tertiary alicyclic amines) is 1. The van der Waals surface area contributed by atoms with Crippen molar-refractivity contribution < 1.29 is 4.74 Å². The van der Waals surface area contributed by atoms with Gasteiger partial charge in [0.15, 0.2) is 0 Å². The topological polar surface area (TPSA) is 59.4 Å². The summed E-state index contributed by atoms with van der Waals surface area (Å²) in [5, 5.41) is 7.52. The molecule has 1 fully saturated rings. The first-order valence-corrected chi connectivity index (χ1v) is 8.08. The zero-order chi connectivity index (χ0) is 15.2. The van der Waals surface area contributed by atoms with E-state index in [1.807, 2.05) is 0 Å². The van der Waals surface area contributed by atoms with Crippen molar-refractivity contribution in [2.24, 2.45) is 5.92 Å². The summed E-state index contributed by atoms with van der Waals surface area (Å²) in [7, 11) is 3.77. The second-order valence-corrected chi connectivity index (χ2v) is 6.31. The second kappa shape index (κ2) is 7.91. The summed E-state index contributed by atoms with van der Waals surface area (Å²) >= 11 is 3.37. The van der Waals surface area contributed by atoms with Crippen LogP contribution < -0.4 is 10.9 Å². The fourth-order valence-electron chi connectivity index (χ4n) is 2.45. The highest BCUT2D eigenvalue weighted by molar-refractivity contribution is 9.10. The maximum absolute atomic E-state index is 12.1. The fourth-order valence-corrected chi connectivity index (χ4v) is 2.89.